The number of nitrogens with zero attached hydrogens (tertiary/aromatic N) is 1. The zero-order valence-electron chi connectivity index (χ0n) is 11.3. The van der Waals surface area contributed by atoms with Crippen molar-refractivity contribution in [2.45, 2.75) is 5.03 Å². The second-order valence-electron chi connectivity index (χ2n) is 4.06. The van der Waals surface area contributed by atoms with E-state index in [2.05, 4.69) is 10.4 Å². The number of aromatic nitrogens is 1. The first-order valence-electron chi connectivity index (χ1n) is 6.28. The molecule has 0 aliphatic rings. The lowest BCUT2D eigenvalue weighted by Gasteiger charge is -2.10. The maximum absolute atomic E-state index is 11.6. The van der Waals surface area contributed by atoms with Gasteiger partial charge in [-0.25, -0.2) is 10.8 Å². The minimum atomic E-state index is -0.382. The van der Waals surface area contributed by atoms with Crippen LogP contribution in [-0.2, 0) is 0 Å². The van der Waals surface area contributed by atoms with E-state index in [-0.39, 0.29) is 5.91 Å². The maximum atomic E-state index is 11.6. The van der Waals surface area contributed by atoms with Crippen LogP contribution in [-0.4, -0.2) is 23.3 Å². The number of para-hydroxylation sites is 1. The number of thioether (sulfide) groups is 1. The lowest BCUT2D eigenvalue weighted by Crippen LogP contribution is -2.30. The van der Waals surface area contributed by atoms with E-state index in [1.807, 2.05) is 0 Å². The molecule has 21 heavy (non-hydrogen) atoms. The van der Waals surface area contributed by atoms with Gasteiger partial charge in [0.25, 0.3) is 5.91 Å². The molecule has 0 unspecified atom stereocenters. The third kappa shape index (κ3) is 4.11. The van der Waals surface area contributed by atoms with Crippen LogP contribution in [0.4, 0.5) is 5.69 Å². The average molecular weight is 304 g/mol. The number of benzene rings is 1. The highest BCUT2D eigenvalue weighted by Gasteiger charge is 2.10. The molecule has 0 atom stereocenters. The number of hydrogen-bond acceptors (Lipinski definition) is 6. The Labute approximate surface area is 126 Å². The summed E-state index contributed by atoms with van der Waals surface area (Å²) in [7, 11) is 0. The van der Waals surface area contributed by atoms with E-state index in [1.54, 1.807) is 42.6 Å². The number of hydrogen-bond donors (Lipinski definition) is 3. The summed E-state index contributed by atoms with van der Waals surface area (Å²) in [6.45, 7) is 0.426. The number of anilines is 1. The normalized spacial score (nSPS) is 10.1. The van der Waals surface area contributed by atoms with Crippen molar-refractivity contribution < 1.29 is 9.53 Å². The molecule has 0 aliphatic heterocycles. The molecule has 0 saturated carbocycles. The molecule has 1 heterocycles. The SMILES string of the molecule is NNC(=O)c1ccccc1OCCSc1ncccc1N. The average Bonchev–Trinajstić information content (AvgIpc) is 2.52. The number of nitrogen functional groups attached to an aromatic ring is 2. The number of rotatable bonds is 6. The van der Waals surface area contributed by atoms with Crippen molar-refractivity contribution in [3.05, 3.63) is 48.2 Å². The summed E-state index contributed by atoms with van der Waals surface area (Å²) in [5.74, 6) is 5.92. The van der Waals surface area contributed by atoms with Crippen molar-refractivity contribution >= 4 is 23.4 Å². The Kier molecular flexibility index (Phi) is 5.42. The standard InChI is InChI=1S/C14H16N4O2S/c15-11-5-3-7-17-14(11)21-9-8-20-12-6-2-1-4-10(12)13(19)18-16/h1-7H,8-9,15-16H2,(H,18,19). The Morgan fingerprint density at radius 3 is 2.86 bits per heavy atom. The van der Waals surface area contributed by atoms with Crippen LogP contribution >= 0.6 is 11.8 Å². The Morgan fingerprint density at radius 1 is 1.29 bits per heavy atom. The van der Waals surface area contributed by atoms with Gasteiger partial charge in [-0.05, 0) is 24.3 Å². The molecule has 1 aromatic heterocycles. The van der Waals surface area contributed by atoms with Gasteiger partial charge >= 0.3 is 0 Å². The fraction of sp³-hybridized carbons (Fsp3) is 0.143. The number of carbonyl (C=O) groups is 1. The van der Waals surface area contributed by atoms with E-state index in [1.165, 1.54) is 11.8 Å². The van der Waals surface area contributed by atoms with Crippen molar-refractivity contribution in [2.75, 3.05) is 18.1 Å². The van der Waals surface area contributed by atoms with Gasteiger partial charge in [0.05, 0.1) is 17.9 Å². The van der Waals surface area contributed by atoms with Crippen LogP contribution in [0, 0.1) is 0 Å². The third-order valence-corrected chi connectivity index (χ3v) is 3.63. The van der Waals surface area contributed by atoms with Crippen molar-refractivity contribution in [3.63, 3.8) is 0 Å². The summed E-state index contributed by atoms with van der Waals surface area (Å²) >= 11 is 1.50. The van der Waals surface area contributed by atoms with Gasteiger partial charge in [0.1, 0.15) is 10.8 Å². The second-order valence-corrected chi connectivity index (χ2v) is 5.15. The number of ether oxygens (including phenoxy) is 1. The number of nitrogens with one attached hydrogen (secondary N) is 1. The summed E-state index contributed by atoms with van der Waals surface area (Å²) in [4.78, 5) is 15.8. The monoisotopic (exact) mass is 304 g/mol. The highest BCUT2D eigenvalue weighted by atomic mass is 32.2. The van der Waals surface area contributed by atoms with Crippen LogP contribution in [0.25, 0.3) is 0 Å². The molecule has 2 rings (SSSR count). The van der Waals surface area contributed by atoms with Gasteiger partial charge in [0.2, 0.25) is 0 Å². The number of nitrogens with two attached hydrogens (primary N) is 2. The van der Waals surface area contributed by atoms with Crippen molar-refractivity contribution in [2.24, 2.45) is 5.84 Å². The molecule has 5 N–H and O–H groups in total. The molecule has 0 fully saturated rings. The lowest BCUT2D eigenvalue weighted by molar-refractivity contribution is 0.0950. The van der Waals surface area contributed by atoms with Crippen LogP contribution in [0.2, 0.25) is 0 Å². The van der Waals surface area contributed by atoms with E-state index in [0.29, 0.717) is 29.4 Å². The predicted octanol–water partition coefficient (Wildman–Crippen LogP) is 1.44. The fourth-order valence-corrected chi connectivity index (χ4v) is 2.40. The van der Waals surface area contributed by atoms with Crippen LogP contribution < -0.4 is 21.7 Å². The summed E-state index contributed by atoms with van der Waals surface area (Å²) in [6.07, 6.45) is 1.69. The molecule has 1 aromatic carbocycles. The molecule has 1 amide bonds. The molecule has 0 spiro atoms. The van der Waals surface area contributed by atoms with Crippen LogP contribution in [0.5, 0.6) is 5.75 Å². The van der Waals surface area contributed by atoms with Crippen molar-refractivity contribution in [1.82, 2.24) is 10.4 Å². The lowest BCUT2D eigenvalue weighted by atomic mass is 10.2. The predicted molar refractivity (Wildman–Crippen MR) is 83.0 cm³/mol. The van der Waals surface area contributed by atoms with Gasteiger partial charge in [-0.1, -0.05) is 12.1 Å². The van der Waals surface area contributed by atoms with Crippen molar-refractivity contribution in [1.29, 1.82) is 0 Å². The first kappa shape index (κ1) is 15.1. The summed E-state index contributed by atoms with van der Waals surface area (Å²) < 4.78 is 5.62. The first-order valence-corrected chi connectivity index (χ1v) is 7.27. The molecule has 0 radical (unpaired) electrons. The topological polar surface area (TPSA) is 103 Å². The second kappa shape index (κ2) is 7.51. The number of pyridine rings is 1. The quantitative estimate of drug-likeness (QED) is 0.245. The zero-order chi connectivity index (χ0) is 15.1. The molecule has 6 nitrogen and oxygen atoms in total. The molecule has 0 bridgehead atoms. The Morgan fingerprint density at radius 2 is 2.10 bits per heavy atom. The van der Waals surface area contributed by atoms with E-state index in [9.17, 15) is 4.79 Å². The maximum Gasteiger partial charge on any atom is 0.268 e. The first-order chi connectivity index (χ1) is 10.2. The van der Waals surface area contributed by atoms with E-state index in [0.717, 1.165) is 5.03 Å². The summed E-state index contributed by atoms with van der Waals surface area (Å²) in [5, 5.41) is 0.772. The molecule has 0 saturated heterocycles. The van der Waals surface area contributed by atoms with Gasteiger partial charge in [-0.2, -0.15) is 0 Å². The fourth-order valence-electron chi connectivity index (χ4n) is 1.67. The summed E-state index contributed by atoms with van der Waals surface area (Å²) in [6, 6.07) is 10.5. The highest BCUT2D eigenvalue weighted by Crippen LogP contribution is 2.22. The largest absolute Gasteiger partial charge is 0.492 e. The zero-order valence-corrected chi connectivity index (χ0v) is 12.1. The minimum absolute atomic E-state index is 0.382. The Balaban J connectivity index is 1.90. The molecular formula is C14H16N4O2S. The van der Waals surface area contributed by atoms with Gasteiger partial charge in [0.15, 0.2) is 0 Å². The van der Waals surface area contributed by atoms with Crippen LogP contribution in [0.1, 0.15) is 10.4 Å². The van der Waals surface area contributed by atoms with E-state index < -0.39 is 0 Å². The van der Waals surface area contributed by atoms with Gasteiger partial charge in [0, 0.05) is 11.9 Å². The number of hydrazine groups is 1. The molecule has 2 aromatic rings. The smallest absolute Gasteiger partial charge is 0.268 e. The molecule has 0 aliphatic carbocycles. The highest BCUT2D eigenvalue weighted by molar-refractivity contribution is 7.99. The molecular weight excluding hydrogens is 288 g/mol. The van der Waals surface area contributed by atoms with Crippen LogP contribution in [0.3, 0.4) is 0 Å². The minimum Gasteiger partial charge on any atom is -0.492 e. The summed E-state index contributed by atoms with van der Waals surface area (Å²) in [5.41, 5.74) is 8.95. The third-order valence-electron chi connectivity index (χ3n) is 2.64. The number of carbonyl (C=O) groups excluding carboxylic acids is 1. The van der Waals surface area contributed by atoms with Crippen LogP contribution in [0.15, 0.2) is 47.6 Å². The Hall–Kier alpha value is -2.25. The molecule has 7 heteroatoms. The van der Waals surface area contributed by atoms with Crippen molar-refractivity contribution in [3.8, 4) is 5.75 Å². The molecule has 110 valence electrons. The van der Waals surface area contributed by atoms with E-state index in [4.69, 9.17) is 16.3 Å². The van der Waals surface area contributed by atoms with Gasteiger partial charge in [-0.3, -0.25) is 10.2 Å². The number of amides is 1. The van der Waals surface area contributed by atoms with Gasteiger partial charge in [-0.15, -0.1) is 11.8 Å². The van der Waals surface area contributed by atoms with Gasteiger partial charge < -0.3 is 10.5 Å². The van der Waals surface area contributed by atoms with E-state index >= 15 is 0 Å². The Bertz CT molecular complexity index is 621.